The highest BCUT2D eigenvalue weighted by Gasteiger charge is 2.26. The lowest BCUT2D eigenvalue weighted by molar-refractivity contribution is 0.171. The van der Waals surface area contributed by atoms with E-state index in [1.54, 1.807) is 18.2 Å². The molecule has 0 aromatic heterocycles. The van der Waals surface area contributed by atoms with Crippen LogP contribution >= 0.6 is 0 Å². The molecule has 0 atom stereocenters. The van der Waals surface area contributed by atoms with Crippen molar-refractivity contribution in [2.45, 2.75) is 24.7 Å². The van der Waals surface area contributed by atoms with Gasteiger partial charge in [-0.3, -0.25) is 4.31 Å². The summed E-state index contributed by atoms with van der Waals surface area (Å²) in [6.07, 6.45) is 1.71. The lowest BCUT2D eigenvalue weighted by Crippen LogP contribution is -2.32. The van der Waals surface area contributed by atoms with Gasteiger partial charge in [0.2, 0.25) is 0 Å². The first-order valence-corrected chi connectivity index (χ1v) is 9.54. The predicted molar refractivity (Wildman–Crippen MR) is 93.3 cm³/mol. The normalized spacial score (nSPS) is 13.5. The summed E-state index contributed by atoms with van der Waals surface area (Å²) in [5.41, 5.74) is 0.667. The molecular formula is C18H21NO4S. The fourth-order valence-corrected chi connectivity index (χ4v) is 4.11. The molecule has 24 heavy (non-hydrogen) atoms. The number of hydrogen-bond acceptors (Lipinski definition) is 4. The number of hydrogen-bond donors (Lipinski definition) is 0. The number of ether oxygens (including phenoxy) is 2. The van der Waals surface area contributed by atoms with Crippen LogP contribution in [-0.4, -0.2) is 28.2 Å². The van der Waals surface area contributed by atoms with Crippen molar-refractivity contribution in [1.82, 2.24) is 0 Å². The van der Waals surface area contributed by atoms with Crippen molar-refractivity contribution in [1.29, 1.82) is 0 Å². The minimum Gasteiger partial charge on any atom is -0.486 e. The van der Waals surface area contributed by atoms with Crippen LogP contribution in [0.4, 0.5) is 5.69 Å². The number of unbranched alkanes of at least 4 members (excludes halogenated alkanes) is 1. The van der Waals surface area contributed by atoms with Crippen molar-refractivity contribution in [3.63, 3.8) is 0 Å². The van der Waals surface area contributed by atoms with Crippen LogP contribution in [0.1, 0.15) is 19.8 Å². The zero-order valence-electron chi connectivity index (χ0n) is 13.6. The monoisotopic (exact) mass is 347 g/mol. The summed E-state index contributed by atoms with van der Waals surface area (Å²) in [4.78, 5) is 0.215. The molecule has 0 saturated carbocycles. The van der Waals surface area contributed by atoms with Gasteiger partial charge in [-0.2, -0.15) is 0 Å². The maximum Gasteiger partial charge on any atom is 0.264 e. The van der Waals surface area contributed by atoms with Gasteiger partial charge in [-0.15, -0.1) is 0 Å². The molecule has 0 N–H and O–H groups in total. The molecule has 0 saturated heterocycles. The third-order valence-electron chi connectivity index (χ3n) is 3.86. The van der Waals surface area contributed by atoms with Crippen LogP contribution in [0.2, 0.25) is 0 Å². The number of para-hydroxylation sites is 1. The average molecular weight is 347 g/mol. The van der Waals surface area contributed by atoms with E-state index >= 15 is 0 Å². The molecule has 0 aliphatic carbocycles. The van der Waals surface area contributed by atoms with E-state index in [9.17, 15) is 8.42 Å². The van der Waals surface area contributed by atoms with Gasteiger partial charge in [0.25, 0.3) is 10.0 Å². The zero-order chi connectivity index (χ0) is 17.0. The number of anilines is 1. The molecule has 3 rings (SSSR count). The second-order valence-corrected chi connectivity index (χ2v) is 7.43. The van der Waals surface area contributed by atoms with Gasteiger partial charge in [0.05, 0.1) is 10.6 Å². The van der Waals surface area contributed by atoms with Gasteiger partial charge in [-0.1, -0.05) is 31.5 Å². The summed E-state index contributed by atoms with van der Waals surface area (Å²) in [6, 6.07) is 14.0. The summed E-state index contributed by atoms with van der Waals surface area (Å²) in [5.74, 6) is 1.06. The predicted octanol–water partition coefficient (Wildman–Crippen LogP) is 3.45. The van der Waals surface area contributed by atoms with E-state index in [-0.39, 0.29) is 4.90 Å². The molecule has 128 valence electrons. The van der Waals surface area contributed by atoms with Gasteiger partial charge in [0.1, 0.15) is 13.2 Å². The van der Waals surface area contributed by atoms with Crippen LogP contribution in [0.3, 0.4) is 0 Å². The van der Waals surface area contributed by atoms with E-state index in [1.165, 1.54) is 4.31 Å². The van der Waals surface area contributed by atoms with E-state index < -0.39 is 10.0 Å². The van der Waals surface area contributed by atoms with Gasteiger partial charge < -0.3 is 9.47 Å². The minimum atomic E-state index is -3.66. The standard InChI is InChI=1S/C18H21NO4S/c1-2-3-11-19(15-7-5-4-6-8-15)24(20,21)16-9-10-17-18(14-16)23-13-12-22-17/h4-10,14H,2-3,11-13H2,1H3. The zero-order valence-corrected chi connectivity index (χ0v) is 14.5. The molecule has 5 nitrogen and oxygen atoms in total. The molecule has 2 aromatic rings. The summed E-state index contributed by atoms with van der Waals surface area (Å²) >= 11 is 0. The van der Waals surface area contributed by atoms with E-state index in [2.05, 4.69) is 0 Å². The SMILES string of the molecule is CCCCN(c1ccccc1)S(=O)(=O)c1ccc2c(c1)OCCO2. The van der Waals surface area contributed by atoms with Crippen LogP contribution < -0.4 is 13.8 Å². The van der Waals surface area contributed by atoms with Crippen LogP contribution in [0.15, 0.2) is 53.4 Å². The molecule has 2 aromatic carbocycles. The first kappa shape index (κ1) is 16.6. The van der Waals surface area contributed by atoms with Gasteiger partial charge in [0.15, 0.2) is 11.5 Å². The Kier molecular flexibility index (Phi) is 4.94. The quantitative estimate of drug-likeness (QED) is 0.803. The summed E-state index contributed by atoms with van der Waals surface area (Å²) in [7, 11) is -3.66. The molecule has 6 heteroatoms. The molecular weight excluding hydrogens is 326 g/mol. The minimum absolute atomic E-state index is 0.215. The summed E-state index contributed by atoms with van der Waals surface area (Å²) < 4.78 is 38.8. The molecule has 1 aliphatic heterocycles. The maximum absolute atomic E-state index is 13.2. The Hall–Kier alpha value is -2.21. The largest absolute Gasteiger partial charge is 0.486 e. The molecule has 0 amide bonds. The Morgan fingerprint density at radius 2 is 1.71 bits per heavy atom. The Bertz CT molecular complexity index is 790. The molecule has 0 unspecified atom stereocenters. The van der Waals surface area contributed by atoms with Crippen molar-refractivity contribution in [3.05, 3.63) is 48.5 Å². The van der Waals surface area contributed by atoms with Crippen LogP contribution in [0.5, 0.6) is 11.5 Å². The summed E-state index contributed by atoms with van der Waals surface area (Å²) in [5, 5.41) is 0. The molecule has 0 spiro atoms. The van der Waals surface area contributed by atoms with Gasteiger partial charge >= 0.3 is 0 Å². The van der Waals surface area contributed by atoms with Crippen LogP contribution in [0.25, 0.3) is 0 Å². The first-order chi connectivity index (χ1) is 11.6. The van der Waals surface area contributed by atoms with Gasteiger partial charge in [-0.25, -0.2) is 8.42 Å². The van der Waals surface area contributed by atoms with E-state index in [1.807, 2.05) is 37.3 Å². The van der Waals surface area contributed by atoms with Crippen LogP contribution in [0, 0.1) is 0 Å². The fourth-order valence-electron chi connectivity index (χ4n) is 2.60. The first-order valence-electron chi connectivity index (χ1n) is 8.10. The Morgan fingerprint density at radius 1 is 1.00 bits per heavy atom. The van der Waals surface area contributed by atoms with Crippen molar-refractivity contribution in [2.24, 2.45) is 0 Å². The summed E-state index contributed by atoms with van der Waals surface area (Å²) in [6.45, 7) is 3.39. The van der Waals surface area contributed by atoms with E-state index in [4.69, 9.17) is 9.47 Å². The van der Waals surface area contributed by atoms with Crippen molar-refractivity contribution in [2.75, 3.05) is 24.1 Å². The number of sulfonamides is 1. The fraction of sp³-hybridized carbons (Fsp3) is 0.333. The van der Waals surface area contributed by atoms with E-state index in [0.717, 1.165) is 12.8 Å². The Labute approximate surface area is 142 Å². The van der Waals surface area contributed by atoms with Crippen LogP contribution in [-0.2, 0) is 10.0 Å². The van der Waals surface area contributed by atoms with Crippen molar-refractivity contribution in [3.8, 4) is 11.5 Å². The molecule has 0 fully saturated rings. The number of nitrogens with zero attached hydrogens (tertiary/aromatic N) is 1. The topological polar surface area (TPSA) is 55.8 Å². The highest BCUT2D eigenvalue weighted by molar-refractivity contribution is 7.92. The Balaban J connectivity index is 1.99. The lowest BCUT2D eigenvalue weighted by atomic mass is 10.3. The van der Waals surface area contributed by atoms with E-state index in [0.29, 0.717) is 36.9 Å². The highest BCUT2D eigenvalue weighted by atomic mass is 32.2. The average Bonchev–Trinajstić information content (AvgIpc) is 2.62. The highest BCUT2D eigenvalue weighted by Crippen LogP contribution is 2.34. The maximum atomic E-state index is 13.2. The molecule has 1 aliphatic rings. The molecule has 1 heterocycles. The second-order valence-electron chi connectivity index (χ2n) is 5.57. The second kappa shape index (κ2) is 7.13. The van der Waals surface area contributed by atoms with Crippen molar-refractivity contribution >= 4 is 15.7 Å². The van der Waals surface area contributed by atoms with Gasteiger partial charge in [0, 0.05) is 12.6 Å². The lowest BCUT2D eigenvalue weighted by Gasteiger charge is -2.25. The van der Waals surface area contributed by atoms with Crippen molar-refractivity contribution < 1.29 is 17.9 Å². The number of rotatable bonds is 6. The van der Waals surface area contributed by atoms with Gasteiger partial charge in [-0.05, 0) is 30.7 Å². The third-order valence-corrected chi connectivity index (χ3v) is 5.68. The number of fused-ring (bicyclic) bond motifs is 1. The Morgan fingerprint density at radius 3 is 2.42 bits per heavy atom. The molecule has 0 radical (unpaired) electrons. The number of benzene rings is 2. The smallest absolute Gasteiger partial charge is 0.264 e. The third kappa shape index (κ3) is 3.33. The molecule has 0 bridgehead atoms.